The Hall–Kier alpha value is -3.91. The van der Waals surface area contributed by atoms with E-state index in [1.165, 1.54) is 4.90 Å². The summed E-state index contributed by atoms with van der Waals surface area (Å²) in [7, 11) is 3.34. The number of rotatable bonds is 6. The van der Waals surface area contributed by atoms with Crippen LogP contribution >= 0.6 is 0 Å². The first-order valence-electron chi connectivity index (χ1n) is 9.65. The quantitative estimate of drug-likeness (QED) is 0.690. The Morgan fingerprint density at radius 1 is 0.900 bits per heavy atom. The number of carbonyl (C=O) groups excluding carboxylic acids is 2. The molecule has 5 nitrogen and oxygen atoms in total. The second-order valence-corrected chi connectivity index (χ2v) is 7.15. The molecule has 0 radical (unpaired) electrons. The summed E-state index contributed by atoms with van der Waals surface area (Å²) in [6.07, 6.45) is 0.389. The second-order valence-electron chi connectivity index (χ2n) is 7.15. The van der Waals surface area contributed by atoms with Gasteiger partial charge in [0.05, 0.1) is 11.6 Å². The van der Waals surface area contributed by atoms with Gasteiger partial charge in [0, 0.05) is 31.6 Å². The molecule has 0 aliphatic rings. The van der Waals surface area contributed by atoms with Gasteiger partial charge < -0.3 is 10.2 Å². The van der Waals surface area contributed by atoms with Gasteiger partial charge in [0.2, 0.25) is 5.91 Å². The lowest BCUT2D eigenvalue weighted by Crippen LogP contribution is -2.47. The van der Waals surface area contributed by atoms with Crippen LogP contribution in [0.25, 0.3) is 11.1 Å². The van der Waals surface area contributed by atoms with Crippen LogP contribution in [0.15, 0.2) is 78.9 Å². The summed E-state index contributed by atoms with van der Waals surface area (Å²) in [6.45, 7) is 0. The topological polar surface area (TPSA) is 73.2 Å². The predicted octanol–water partition coefficient (Wildman–Crippen LogP) is 3.65. The lowest BCUT2D eigenvalue weighted by molar-refractivity contribution is -0.130. The summed E-state index contributed by atoms with van der Waals surface area (Å²) in [5.74, 6) is -0.531. The molecule has 5 heteroatoms. The molecule has 0 fully saturated rings. The van der Waals surface area contributed by atoms with Crippen LogP contribution in [0.5, 0.6) is 0 Å². The van der Waals surface area contributed by atoms with Gasteiger partial charge in [-0.05, 0) is 23.3 Å². The normalized spacial score (nSPS) is 11.2. The fourth-order valence-electron chi connectivity index (χ4n) is 3.33. The molecular weight excluding hydrogens is 374 g/mol. The summed E-state index contributed by atoms with van der Waals surface area (Å²) >= 11 is 0. The third-order valence-electron chi connectivity index (χ3n) is 4.84. The zero-order valence-electron chi connectivity index (χ0n) is 17.0. The van der Waals surface area contributed by atoms with E-state index >= 15 is 0 Å². The summed E-state index contributed by atoms with van der Waals surface area (Å²) in [5.41, 5.74) is 3.21. The highest BCUT2D eigenvalue weighted by Gasteiger charge is 2.24. The highest BCUT2D eigenvalue weighted by Crippen LogP contribution is 2.27. The molecule has 0 heterocycles. The van der Waals surface area contributed by atoms with Gasteiger partial charge in [-0.3, -0.25) is 9.59 Å². The molecule has 0 saturated heterocycles. The molecular formula is C25H23N3O2. The first kappa shape index (κ1) is 20.8. The van der Waals surface area contributed by atoms with E-state index in [-0.39, 0.29) is 11.8 Å². The first-order chi connectivity index (χ1) is 14.5. The number of likely N-dealkylation sites (N-methyl/N-ethyl adjacent to an activating group) is 1. The van der Waals surface area contributed by atoms with Crippen molar-refractivity contribution in [3.05, 3.63) is 95.6 Å². The van der Waals surface area contributed by atoms with E-state index in [1.54, 1.807) is 38.4 Å². The Bertz CT molecular complexity index is 1080. The molecule has 1 atom stereocenters. The molecule has 3 aromatic carbocycles. The molecule has 30 heavy (non-hydrogen) atoms. The van der Waals surface area contributed by atoms with Gasteiger partial charge in [0.15, 0.2) is 0 Å². The number of hydrogen-bond acceptors (Lipinski definition) is 3. The summed E-state index contributed by atoms with van der Waals surface area (Å²) in [4.78, 5) is 27.4. The van der Waals surface area contributed by atoms with Crippen molar-refractivity contribution in [3.63, 3.8) is 0 Å². The summed E-state index contributed by atoms with van der Waals surface area (Å²) in [5, 5.41) is 12.3. The Morgan fingerprint density at radius 2 is 1.50 bits per heavy atom. The van der Waals surface area contributed by atoms with Crippen LogP contribution in [0.2, 0.25) is 0 Å². The summed E-state index contributed by atoms with van der Waals surface area (Å²) in [6, 6.07) is 25.3. The molecule has 0 spiro atoms. The molecule has 0 aliphatic carbocycles. The molecule has 0 aliphatic heterocycles. The summed E-state index contributed by atoms with van der Waals surface area (Å²) < 4.78 is 0. The molecule has 0 aromatic heterocycles. The van der Waals surface area contributed by atoms with Gasteiger partial charge in [-0.1, -0.05) is 66.7 Å². The second kappa shape index (κ2) is 9.53. The van der Waals surface area contributed by atoms with Gasteiger partial charge in [-0.15, -0.1) is 0 Å². The number of hydrogen-bond donors (Lipinski definition) is 1. The Labute approximate surface area is 176 Å². The maximum Gasteiger partial charge on any atom is 0.252 e. The van der Waals surface area contributed by atoms with Gasteiger partial charge in [-0.25, -0.2) is 0 Å². The van der Waals surface area contributed by atoms with Crippen molar-refractivity contribution in [2.24, 2.45) is 0 Å². The van der Waals surface area contributed by atoms with E-state index in [4.69, 9.17) is 0 Å². The SMILES string of the molecule is CN(C)C(=O)C(Cc1ccccc1)NC(=O)c1ccccc1-c1ccccc1C#N. The van der Waals surface area contributed by atoms with Gasteiger partial charge in [-0.2, -0.15) is 5.26 Å². The highest BCUT2D eigenvalue weighted by molar-refractivity contribution is 6.03. The van der Waals surface area contributed by atoms with E-state index in [9.17, 15) is 14.9 Å². The fourth-order valence-corrected chi connectivity index (χ4v) is 3.33. The van der Waals surface area contributed by atoms with Crippen LogP contribution < -0.4 is 5.32 Å². The standard InChI is InChI=1S/C25H23N3O2/c1-28(2)25(30)23(16-18-10-4-3-5-11-18)27-24(29)22-15-9-8-14-21(22)20-13-7-6-12-19(20)17-26/h3-15,23H,16H2,1-2H3,(H,27,29). The van der Waals surface area contributed by atoms with Crippen molar-refractivity contribution < 1.29 is 9.59 Å². The van der Waals surface area contributed by atoms with Gasteiger partial charge in [0.25, 0.3) is 5.91 Å². The van der Waals surface area contributed by atoms with Crippen molar-refractivity contribution in [2.75, 3.05) is 14.1 Å². The monoisotopic (exact) mass is 397 g/mol. The van der Waals surface area contributed by atoms with E-state index < -0.39 is 6.04 Å². The van der Waals surface area contributed by atoms with Gasteiger partial charge in [0.1, 0.15) is 6.04 Å². The maximum absolute atomic E-state index is 13.2. The molecule has 1 N–H and O–H groups in total. The number of nitriles is 1. The van der Waals surface area contributed by atoms with Gasteiger partial charge >= 0.3 is 0 Å². The van der Waals surface area contributed by atoms with E-state index in [1.807, 2.05) is 54.6 Å². The minimum atomic E-state index is -0.700. The van der Waals surface area contributed by atoms with Crippen LogP contribution in [0.3, 0.4) is 0 Å². The number of nitrogens with zero attached hydrogens (tertiary/aromatic N) is 2. The van der Waals surface area contributed by atoms with Crippen molar-refractivity contribution in [3.8, 4) is 17.2 Å². The molecule has 0 bridgehead atoms. The van der Waals surface area contributed by atoms with Crippen molar-refractivity contribution in [1.82, 2.24) is 10.2 Å². The third kappa shape index (κ3) is 4.73. The average molecular weight is 397 g/mol. The minimum Gasteiger partial charge on any atom is -0.347 e. The maximum atomic E-state index is 13.2. The van der Waals surface area contributed by atoms with E-state index in [0.717, 1.165) is 5.56 Å². The number of carbonyl (C=O) groups is 2. The van der Waals surface area contributed by atoms with E-state index in [2.05, 4.69) is 11.4 Å². The molecule has 0 saturated carbocycles. The Kier molecular flexibility index (Phi) is 6.61. The first-order valence-corrected chi connectivity index (χ1v) is 9.65. The Morgan fingerprint density at radius 3 is 2.17 bits per heavy atom. The lowest BCUT2D eigenvalue weighted by atomic mass is 9.95. The number of nitrogens with one attached hydrogen (secondary N) is 1. The van der Waals surface area contributed by atoms with Crippen molar-refractivity contribution in [1.29, 1.82) is 5.26 Å². The zero-order chi connectivity index (χ0) is 21.5. The van der Waals surface area contributed by atoms with Crippen LogP contribution in [0.4, 0.5) is 0 Å². The van der Waals surface area contributed by atoms with Crippen LogP contribution in [0.1, 0.15) is 21.5 Å². The lowest BCUT2D eigenvalue weighted by Gasteiger charge is -2.22. The van der Waals surface area contributed by atoms with Crippen LogP contribution in [-0.2, 0) is 11.2 Å². The smallest absolute Gasteiger partial charge is 0.252 e. The van der Waals surface area contributed by atoms with Crippen molar-refractivity contribution >= 4 is 11.8 Å². The van der Waals surface area contributed by atoms with Crippen LogP contribution in [0, 0.1) is 11.3 Å². The fraction of sp³-hybridized carbons (Fsp3) is 0.160. The molecule has 3 rings (SSSR count). The molecule has 3 aromatic rings. The number of benzene rings is 3. The molecule has 1 unspecified atom stereocenters. The molecule has 2 amide bonds. The predicted molar refractivity (Wildman–Crippen MR) is 117 cm³/mol. The minimum absolute atomic E-state index is 0.179. The van der Waals surface area contributed by atoms with Crippen LogP contribution in [-0.4, -0.2) is 36.9 Å². The average Bonchev–Trinajstić information content (AvgIpc) is 2.78. The third-order valence-corrected chi connectivity index (χ3v) is 4.84. The largest absolute Gasteiger partial charge is 0.347 e. The zero-order valence-corrected chi connectivity index (χ0v) is 17.0. The molecule has 150 valence electrons. The Balaban J connectivity index is 1.93. The van der Waals surface area contributed by atoms with E-state index in [0.29, 0.717) is 28.7 Å². The highest BCUT2D eigenvalue weighted by atomic mass is 16.2. The van der Waals surface area contributed by atoms with Crippen molar-refractivity contribution in [2.45, 2.75) is 12.5 Å². The number of amides is 2.